The van der Waals surface area contributed by atoms with Gasteiger partial charge in [-0.2, -0.15) is 0 Å². The van der Waals surface area contributed by atoms with Crippen molar-refractivity contribution in [1.82, 2.24) is 14.3 Å². The summed E-state index contributed by atoms with van der Waals surface area (Å²) in [6.45, 7) is 9.01. The molecule has 1 atom stereocenters. The SMILES string of the molecule is CC(C)(C)C(OP(=O)(N1CC1)N1CC1)c1ccc([N+](=O)[O-])[nH]1. The smallest absolute Gasteiger partial charge is 0.346 e. The van der Waals surface area contributed by atoms with Crippen molar-refractivity contribution in [1.29, 1.82) is 0 Å². The van der Waals surface area contributed by atoms with Crippen LogP contribution < -0.4 is 0 Å². The second-order valence-electron chi connectivity index (χ2n) is 6.81. The first kappa shape index (κ1) is 15.7. The minimum absolute atomic E-state index is 0.0823. The highest BCUT2D eigenvalue weighted by atomic mass is 31.2. The average Bonchev–Trinajstić information content (AvgIpc) is 3.30. The van der Waals surface area contributed by atoms with E-state index in [1.165, 1.54) is 6.07 Å². The monoisotopic (exact) mass is 328 g/mol. The van der Waals surface area contributed by atoms with Crippen LogP contribution in [0, 0.1) is 15.5 Å². The lowest BCUT2D eigenvalue weighted by Gasteiger charge is -2.32. The van der Waals surface area contributed by atoms with Crippen LogP contribution in [0.4, 0.5) is 5.82 Å². The fourth-order valence-electron chi connectivity index (χ4n) is 2.39. The molecule has 2 aliphatic rings. The van der Waals surface area contributed by atoms with E-state index in [-0.39, 0.29) is 11.2 Å². The van der Waals surface area contributed by atoms with E-state index in [1.54, 1.807) is 6.07 Å². The summed E-state index contributed by atoms with van der Waals surface area (Å²) < 4.78 is 23.0. The van der Waals surface area contributed by atoms with E-state index in [4.69, 9.17) is 4.52 Å². The van der Waals surface area contributed by atoms with Gasteiger partial charge in [-0.1, -0.05) is 20.8 Å². The van der Waals surface area contributed by atoms with E-state index < -0.39 is 18.7 Å². The van der Waals surface area contributed by atoms with Gasteiger partial charge >= 0.3 is 13.5 Å². The van der Waals surface area contributed by atoms with Gasteiger partial charge in [0.05, 0.1) is 0 Å². The Morgan fingerprint density at radius 3 is 2.18 bits per heavy atom. The van der Waals surface area contributed by atoms with Crippen molar-refractivity contribution in [3.63, 3.8) is 0 Å². The molecule has 0 radical (unpaired) electrons. The van der Waals surface area contributed by atoms with Crippen molar-refractivity contribution in [3.05, 3.63) is 27.9 Å². The summed E-state index contributed by atoms with van der Waals surface area (Å²) in [6.07, 6.45) is -0.506. The minimum atomic E-state index is -3.00. The van der Waals surface area contributed by atoms with Crippen molar-refractivity contribution in [2.75, 3.05) is 26.2 Å². The standard InChI is InChI=1S/C13H21N4O4P/c1-13(2,3)12(10-4-5-11(14-10)17(18)19)21-22(20,15-6-7-15)16-8-9-16/h4-5,12,14H,6-9H2,1-3H3. The third kappa shape index (κ3) is 2.96. The van der Waals surface area contributed by atoms with E-state index in [0.717, 1.165) is 26.2 Å². The molecule has 3 heterocycles. The Hall–Kier alpha value is -1.21. The lowest BCUT2D eigenvalue weighted by Crippen LogP contribution is -2.23. The zero-order valence-corrected chi connectivity index (χ0v) is 13.9. The first-order chi connectivity index (χ1) is 10.2. The lowest BCUT2D eigenvalue weighted by molar-refractivity contribution is -0.389. The van der Waals surface area contributed by atoms with Crippen molar-refractivity contribution < 1.29 is 14.0 Å². The van der Waals surface area contributed by atoms with Gasteiger partial charge in [0.1, 0.15) is 11.8 Å². The first-order valence-corrected chi connectivity index (χ1v) is 8.87. The number of nitrogens with one attached hydrogen (secondary N) is 1. The number of hydrogen-bond acceptors (Lipinski definition) is 4. The van der Waals surface area contributed by atoms with Crippen LogP contribution in [-0.2, 0) is 9.09 Å². The molecule has 22 heavy (non-hydrogen) atoms. The molecule has 2 saturated heterocycles. The highest BCUT2D eigenvalue weighted by Crippen LogP contribution is 2.64. The van der Waals surface area contributed by atoms with E-state index in [2.05, 4.69) is 4.98 Å². The average molecular weight is 328 g/mol. The van der Waals surface area contributed by atoms with Crippen LogP contribution in [0.1, 0.15) is 32.6 Å². The molecule has 8 nitrogen and oxygen atoms in total. The molecule has 1 unspecified atom stereocenters. The first-order valence-electron chi connectivity index (χ1n) is 7.34. The molecule has 3 rings (SSSR count). The maximum Gasteiger partial charge on any atom is 0.346 e. The topological polar surface area (TPSA) is 91.2 Å². The quantitative estimate of drug-likeness (QED) is 0.374. The molecule has 0 saturated carbocycles. The minimum Gasteiger partial charge on any atom is -0.358 e. The maximum atomic E-state index is 13.2. The second-order valence-corrected chi connectivity index (χ2v) is 9.13. The van der Waals surface area contributed by atoms with Gasteiger partial charge in [0.2, 0.25) is 0 Å². The Labute approximate surface area is 129 Å². The lowest BCUT2D eigenvalue weighted by atomic mass is 9.87. The molecule has 2 aliphatic heterocycles. The molecule has 2 fully saturated rings. The summed E-state index contributed by atoms with van der Waals surface area (Å²) in [5.74, 6) is -0.0823. The number of aromatic amines is 1. The van der Waals surface area contributed by atoms with E-state index in [1.807, 2.05) is 30.1 Å². The highest BCUT2D eigenvalue weighted by molar-refractivity contribution is 7.54. The van der Waals surface area contributed by atoms with E-state index in [9.17, 15) is 14.7 Å². The van der Waals surface area contributed by atoms with Crippen LogP contribution in [0.3, 0.4) is 0 Å². The normalized spacial score (nSPS) is 20.9. The van der Waals surface area contributed by atoms with Crippen molar-refractivity contribution in [2.45, 2.75) is 26.9 Å². The molecule has 0 aromatic carbocycles. The molecule has 0 aliphatic carbocycles. The van der Waals surface area contributed by atoms with Gasteiger partial charge in [-0.3, -0.25) is 9.09 Å². The van der Waals surface area contributed by atoms with Crippen molar-refractivity contribution in [3.8, 4) is 0 Å². The summed E-state index contributed by atoms with van der Waals surface area (Å²) in [5.41, 5.74) is 0.239. The van der Waals surface area contributed by atoms with Crippen molar-refractivity contribution >= 4 is 13.5 Å². The van der Waals surface area contributed by atoms with Crippen LogP contribution in [-0.4, -0.2) is 45.4 Å². The number of hydrogen-bond donors (Lipinski definition) is 1. The number of nitrogens with zero attached hydrogens (tertiary/aromatic N) is 3. The zero-order valence-electron chi connectivity index (χ0n) is 13.0. The fourth-order valence-corrected chi connectivity index (χ4v) is 4.90. The molecule has 0 amide bonds. The van der Waals surface area contributed by atoms with Gasteiger partial charge in [-0.25, -0.2) is 14.3 Å². The zero-order chi connectivity index (χ0) is 16.1. The molecule has 122 valence electrons. The van der Waals surface area contributed by atoms with Gasteiger partial charge in [-0.15, -0.1) is 0 Å². The van der Waals surface area contributed by atoms with Gasteiger partial charge < -0.3 is 10.1 Å². The molecule has 0 spiro atoms. The van der Waals surface area contributed by atoms with Crippen molar-refractivity contribution in [2.24, 2.45) is 5.41 Å². The van der Waals surface area contributed by atoms with Gasteiger partial charge in [-0.05, 0) is 16.4 Å². The molecular weight excluding hydrogens is 307 g/mol. The van der Waals surface area contributed by atoms with E-state index in [0.29, 0.717) is 5.69 Å². The summed E-state index contributed by atoms with van der Waals surface area (Å²) in [6, 6.07) is 3.06. The van der Waals surface area contributed by atoms with E-state index >= 15 is 0 Å². The van der Waals surface area contributed by atoms with Crippen LogP contribution in [0.5, 0.6) is 0 Å². The number of nitro groups is 1. The van der Waals surface area contributed by atoms with Gasteiger partial charge in [0, 0.05) is 32.2 Å². The summed E-state index contributed by atoms with van der Waals surface area (Å²) in [4.78, 5) is 13.2. The second kappa shape index (κ2) is 5.16. The third-order valence-corrected chi connectivity index (χ3v) is 6.48. The third-order valence-electron chi connectivity index (χ3n) is 3.76. The summed E-state index contributed by atoms with van der Waals surface area (Å²) in [7, 11) is -3.00. The molecular formula is C13H21N4O4P. The predicted molar refractivity (Wildman–Crippen MR) is 81.5 cm³/mol. The van der Waals surface area contributed by atoms with Crippen LogP contribution in [0.2, 0.25) is 0 Å². The maximum absolute atomic E-state index is 13.2. The Morgan fingerprint density at radius 1 is 1.27 bits per heavy atom. The van der Waals surface area contributed by atoms with Crippen LogP contribution >= 0.6 is 7.67 Å². The molecule has 1 N–H and O–H groups in total. The van der Waals surface area contributed by atoms with Gasteiger partial charge in [0.15, 0.2) is 0 Å². The fraction of sp³-hybridized carbons (Fsp3) is 0.692. The summed E-state index contributed by atoms with van der Waals surface area (Å²) >= 11 is 0. The number of aromatic nitrogens is 1. The Balaban J connectivity index is 1.89. The highest BCUT2D eigenvalue weighted by Gasteiger charge is 2.52. The number of H-pyrrole nitrogens is 1. The van der Waals surface area contributed by atoms with Crippen LogP contribution in [0.15, 0.2) is 12.1 Å². The Kier molecular flexibility index (Phi) is 3.68. The largest absolute Gasteiger partial charge is 0.358 e. The summed E-state index contributed by atoms with van der Waals surface area (Å²) in [5, 5.41) is 10.9. The predicted octanol–water partition coefficient (Wildman–Crippen LogP) is 2.77. The Bertz CT molecular complexity index is 614. The molecule has 1 aromatic heterocycles. The van der Waals surface area contributed by atoms with Gasteiger partial charge in [0.25, 0.3) is 0 Å². The molecule has 1 aromatic rings. The molecule has 0 bridgehead atoms. The molecule has 9 heteroatoms. The number of rotatable bonds is 6. The Morgan fingerprint density at radius 2 is 1.82 bits per heavy atom. The van der Waals surface area contributed by atoms with Crippen LogP contribution in [0.25, 0.3) is 0 Å².